The smallest absolute Gasteiger partial charge is 0.326 e. The second kappa shape index (κ2) is 11.9. The summed E-state index contributed by atoms with van der Waals surface area (Å²) < 4.78 is 0. The van der Waals surface area contributed by atoms with Crippen LogP contribution < -0.4 is 16.1 Å². The molecule has 2 atom stereocenters. The number of halogens is 4. The standard InChI is InChI=1S/C27H21Cl4N3O5/c1-27(13-21(34-39-27)22-16(28)4-2-5-17(22)29)26(38)33-20(25(36)37)12-14-8-10-15(11-9-14)32-24(35)23-18(30)6-3-7-19(23)31/h2-11,13,20,34H,12H2,1H3,(H,32,35)(H,33,38)(H,36,37)/t20?,27-/m0/s1. The molecule has 3 aromatic carbocycles. The zero-order valence-electron chi connectivity index (χ0n) is 20.2. The van der Waals surface area contributed by atoms with E-state index < -0.39 is 29.4 Å². The summed E-state index contributed by atoms with van der Waals surface area (Å²) in [5.41, 5.74) is 3.15. The number of amides is 2. The topological polar surface area (TPSA) is 117 Å². The minimum atomic E-state index is -1.53. The van der Waals surface area contributed by atoms with Crippen LogP contribution in [0.5, 0.6) is 0 Å². The maximum absolute atomic E-state index is 13.1. The molecule has 202 valence electrons. The number of nitrogens with one attached hydrogen (secondary N) is 3. The SMILES string of the molecule is C[C@@]1(C(=O)NC(Cc2ccc(NC(=O)c3c(Cl)cccc3Cl)cc2)C(=O)O)C=C(c2c(Cl)cccc2Cl)NO1. The molecular formula is C27H21Cl4N3O5. The third kappa shape index (κ3) is 6.49. The first-order valence-corrected chi connectivity index (χ1v) is 13.0. The summed E-state index contributed by atoms with van der Waals surface area (Å²) in [5, 5.41) is 16.1. The average molecular weight is 609 g/mol. The summed E-state index contributed by atoms with van der Waals surface area (Å²) in [5.74, 6) is -2.40. The van der Waals surface area contributed by atoms with Gasteiger partial charge in [-0.2, -0.15) is 0 Å². The number of aliphatic carboxylic acids is 1. The second-order valence-corrected chi connectivity index (χ2v) is 10.4. The average Bonchev–Trinajstić information content (AvgIpc) is 3.27. The fraction of sp³-hybridized carbons (Fsp3) is 0.148. The van der Waals surface area contributed by atoms with Crippen LogP contribution in [-0.2, 0) is 20.8 Å². The zero-order chi connectivity index (χ0) is 28.3. The highest BCUT2D eigenvalue weighted by atomic mass is 35.5. The second-order valence-electron chi connectivity index (χ2n) is 8.78. The zero-order valence-corrected chi connectivity index (χ0v) is 23.3. The molecule has 39 heavy (non-hydrogen) atoms. The van der Waals surface area contributed by atoms with Gasteiger partial charge in [0.25, 0.3) is 11.8 Å². The molecule has 1 aliphatic rings. The van der Waals surface area contributed by atoms with E-state index in [1.807, 2.05) is 0 Å². The molecule has 0 aromatic heterocycles. The summed E-state index contributed by atoms with van der Waals surface area (Å²) >= 11 is 24.7. The number of rotatable bonds is 8. The van der Waals surface area contributed by atoms with E-state index in [1.165, 1.54) is 13.0 Å². The molecule has 0 bridgehead atoms. The number of hydroxylamine groups is 1. The van der Waals surface area contributed by atoms with Crippen LogP contribution in [0.25, 0.3) is 5.70 Å². The van der Waals surface area contributed by atoms with Crippen molar-refractivity contribution in [1.29, 1.82) is 0 Å². The minimum absolute atomic E-state index is 0.0257. The Balaban J connectivity index is 1.43. The van der Waals surface area contributed by atoms with Crippen molar-refractivity contribution < 1.29 is 24.3 Å². The van der Waals surface area contributed by atoms with Crippen molar-refractivity contribution in [3.8, 4) is 0 Å². The van der Waals surface area contributed by atoms with E-state index in [0.29, 0.717) is 32.6 Å². The monoisotopic (exact) mass is 607 g/mol. The quantitative estimate of drug-likeness (QED) is 0.249. The van der Waals surface area contributed by atoms with Crippen LogP contribution in [0.15, 0.2) is 66.7 Å². The molecule has 8 nitrogen and oxygen atoms in total. The lowest BCUT2D eigenvalue weighted by Crippen LogP contribution is -2.51. The van der Waals surface area contributed by atoms with E-state index in [-0.39, 0.29) is 22.0 Å². The Morgan fingerprint density at radius 1 is 0.923 bits per heavy atom. The van der Waals surface area contributed by atoms with Gasteiger partial charge in [0.1, 0.15) is 6.04 Å². The molecule has 0 aliphatic carbocycles. The van der Waals surface area contributed by atoms with Crippen LogP contribution in [0.1, 0.15) is 28.4 Å². The van der Waals surface area contributed by atoms with Crippen LogP contribution in [0.4, 0.5) is 5.69 Å². The molecule has 1 unspecified atom stereocenters. The van der Waals surface area contributed by atoms with Crippen LogP contribution in [0, 0.1) is 0 Å². The number of hydrogen-bond acceptors (Lipinski definition) is 5. The van der Waals surface area contributed by atoms with Gasteiger partial charge < -0.3 is 15.7 Å². The molecule has 12 heteroatoms. The number of anilines is 1. The number of carbonyl (C=O) groups is 3. The van der Waals surface area contributed by atoms with Crippen LogP contribution in [0.2, 0.25) is 20.1 Å². The number of carboxylic acids is 1. The number of hydrogen-bond donors (Lipinski definition) is 4. The van der Waals surface area contributed by atoms with Crippen molar-refractivity contribution in [2.75, 3.05) is 5.32 Å². The lowest BCUT2D eigenvalue weighted by molar-refractivity contribution is -0.148. The van der Waals surface area contributed by atoms with E-state index in [2.05, 4.69) is 16.1 Å². The molecule has 1 aliphatic heterocycles. The summed E-state index contributed by atoms with van der Waals surface area (Å²) in [6, 6.07) is 14.9. The predicted molar refractivity (Wildman–Crippen MR) is 151 cm³/mol. The molecule has 4 N–H and O–H groups in total. The molecule has 0 saturated carbocycles. The molecule has 0 spiro atoms. The van der Waals surface area contributed by atoms with Gasteiger partial charge in [0.15, 0.2) is 5.60 Å². The first-order chi connectivity index (χ1) is 18.5. The predicted octanol–water partition coefficient (Wildman–Crippen LogP) is 6.00. The molecule has 4 rings (SSSR count). The molecule has 0 fully saturated rings. The molecule has 0 radical (unpaired) electrons. The van der Waals surface area contributed by atoms with Gasteiger partial charge in [-0.15, -0.1) is 0 Å². The fourth-order valence-electron chi connectivity index (χ4n) is 3.86. The van der Waals surface area contributed by atoms with Gasteiger partial charge in [0.05, 0.1) is 31.4 Å². The first kappa shape index (κ1) is 28.7. The van der Waals surface area contributed by atoms with Gasteiger partial charge in [-0.3, -0.25) is 19.9 Å². The lowest BCUT2D eigenvalue weighted by atomic mass is 10.0. The number of carboxylic acid groups (broad SMARTS) is 1. The minimum Gasteiger partial charge on any atom is -0.480 e. The maximum atomic E-state index is 13.1. The van der Waals surface area contributed by atoms with Crippen molar-refractivity contribution in [3.05, 3.63) is 104 Å². The van der Waals surface area contributed by atoms with Crippen LogP contribution in [0.3, 0.4) is 0 Å². The van der Waals surface area contributed by atoms with E-state index in [9.17, 15) is 19.5 Å². The van der Waals surface area contributed by atoms with Gasteiger partial charge in [0.2, 0.25) is 0 Å². The summed E-state index contributed by atoms with van der Waals surface area (Å²) in [4.78, 5) is 43.1. The number of carbonyl (C=O) groups excluding carboxylic acids is 2. The lowest BCUT2D eigenvalue weighted by Gasteiger charge is -2.22. The molecule has 3 aromatic rings. The Labute approximate surface area is 243 Å². The van der Waals surface area contributed by atoms with E-state index in [4.69, 9.17) is 51.2 Å². The number of benzene rings is 3. The van der Waals surface area contributed by atoms with Crippen molar-refractivity contribution in [2.45, 2.75) is 25.0 Å². The van der Waals surface area contributed by atoms with Gasteiger partial charge in [0, 0.05) is 17.7 Å². The first-order valence-electron chi connectivity index (χ1n) is 11.5. The van der Waals surface area contributed by atoms with Crippen molar-refractivity contribution in [3.63, 3.8) is 0 Å². The highest BCUT2D eigenvalue weighted by Gasteiger charge is 2.40. The van der Waals surface area contributed by atoms with E-state index >= 15 is 0 Å². The normalized spacial score (nSPS) is 17.1. The Morgan fingerprint density at radius 3 is 2.05 bits per heavy atom. The van der Waals surface area contributed by atoms with E-state index in [1.54, 1.807) is 60.7 Å². The summed E-state index contributed by atoms with van der Waals surface area (Å²) in [6.07, 6.45) is 1.46. The Morgan fingerprint density at radius 2 is 1.49 bits per heavy atom. The van der Waals surface area contributed by atoms with Crippen molar-refractivity contribution >= 4 is 75.6 Å². The highest BCUT2D eigenvalue weighted by Crippen LogP contribution is 2.34. The third-order valence-electron chi connectivity index (χ3n) is 5.92. The van der Waals surface area contributed by atoms with Gasteiger partial charge in [-0.25, -0.2) is 4.79 Å². The Bertz CT molecular complexity index is 1440. The maximum Gasteiger partial charge on any atom is 0.326 e. The van der Waals surface area contributed by atoms with Crippen LogP contribution >= 0.6 is 46.4 Å². The summed E-state index contributed by atoms with van der Waals surface area (Å²) in [7, 11) is 0. The highest BCUT2D eigenvalue weighted by molar-refractivity contribution is 6.40. The Hall–Kier alpha value is -3.27. The van der Waals surface area contributed by atoms with E-state index in [0.717, 1.165) is 0 Å². The van der Waals surface area contributed by atoms with Gasteiger partial charge >= 0.3 is 5.97 Å². The Kier molecular flexibility index (Phi) is 8.73. The van der Waals surface area contributed by atoms with Gasteiger partial charge in [-0.1, -0.05) is 70.7 Å². The van der Waals surface area contributed by atoms with Gasteiger partial charge in [-0.05, 0) is 55.0 Å². The van der Waals surface area contributed by atoms with Crippen LogP contribution in [-0.4, -0.2) is 34.5 Å². The molecule has 0 saturated heterocycles. The molecule has 1 heterocycles. The molecular weight excluding hydrogens is 588 g/mol. The fourth-order valence-corrected chi connectivity index (χ4v) is 5.03. The molecule has 2 amide bonds. The van der Waals surface area contributed by atoms with Crippen molar-refractivity contribution in [1.82, 2.24) is 10.8 Å². The third-order valence-corrected chi connectivity index (χ3v) is 7.18. The van der Waals surface area contributed by atoms with Crippen molar-refractivity contribution in [2.24, 2.45) is 0 Å². The summed E-state index contributed by atoms with van der Waals surface area (Å²) in [6.45, 7) is 1.48. The largest absolute Gasteiger partial charge is 0.480 e.